The smallest absolute Gasteiger partial charge is 0.405 e. The number of nitrogens with zero attached hydrogens (tertiary/aromatic N) is 1. The van der Waals surface area contributed by atoms with Crippen molar-refractivity contribution < 1.29 is 23.9 Å². The first kappa shape index (κ1) is 17.9. The number of rotatable bonds is 5. The third-order valence-electron chi connectivity index (χ3n) is 3.29. The Balaban J connectivity index is 1.89. The lowest BCUT2D eigenvalue weighted by Gasteiger charge is -2.03. The van der Waals surface area contributed by atoms with Gasteiger partial charge in [-0.25, -0.2) is 9.78 Å². The number of furan rings is 1. The number of hydrogen-bond donors (Lipinski definition) is 4. The number of nitrogens with one attached hydrogen (secondary N) is 2. The third kappa shape index (κ3) is 3.68. The molecule has 0 atom stereocenters. The van der Waals surface area contributed by atoms with E-state index in [0.717, 1.165) is 15.8 Å². The molecule has 2 aromatic heterocycles. The van der Waals surface area contributed by atoms with Crippen LogP contribution < -0.4 is 16.4 Å². The predicted molar refractivity (Wildman–Crippen MR) is 97.4 cm³/mol. The van der Waals surface area contributed by atoms with Crippen molar-refractivity contribution in [3.63, 3.8) is 0 Å². The molecule has 0 aliphatic heterocycles. The van der Waals surface area contributed by atoms with E-state index in [-0.39, 0.29) is 23.7 Å². The largest absolute Gasteiger partial charge is 0.465 e. The number of fused-ring (bicyclic) bond motifs is 1. The van der Waals surface area contributed by atoms with Crippen LogP contribution in [-0.2, 0) is 6.54 Å². The van der Waals surface area contributed by atoms with Gasteiger partial charge in [-0.05, 0) is 18.2 Å². The Labute approximate surface area is 158 Å². The Bertz CT molecular complexity index is 1030. The van der Waals surface area contributed by atoms with E-state index in [4.69, 9.17) is 15.3 Å². The summed E-state index contributed by atoms with van der Waals surface area (Å²) in [6.45, 7) is -0.0125. The highest BCUT2D eigenvalue weighted by Crippen LogP contribution is 2.33. The zero-order valence-electron chi connectivity index (χ0n) is 12.9. The minimum absolute atomic E-state index is 0.0125. The molecular formula is C15H11BrN4O5S. The molecule has 3 amide bonds. The van der Waals surface area contributed by atoms with E-state index in [0.29, 0.717) is 16.0 Å². The second-order valence-corrected chi connectivity index (χ2v) is 6.91. The number of halogens is 1. The van der Waals surface area contributed by atoms with Crippen LogP contribution in [0.1, 0.15) is 26.1 Å². The van der Waals surface area contributed by atoms with E-state index < -0.39 is 17.9 Å². The average Bonchev–Trinajstić information content (AvgIpc) is 3.18. The molecule has 9 nitrogen and oxygen atoms in total. The second kappa shape index (κ2) is 7.14. The fourth-order valence-electron chi connectivity index (χ4n) is 2.19. The maximum absolute atomic E-state index is 12.5. The Morgan fingerprint density at radius 2 is 2.12 bits per heavy atom. The summed E-state index contributed by atoms with van der Waals surface area (Å²) in [6.07, 6.45) is -1.19. The van der Waals surface area contributed by atoms with Crippen LogP contribution in [0.25, 0.3) is 11.0 Å². The first-order valence-electron chi connectivity index (χ1n) is 7.09. The molecule has 134 valence electrons. The van der Waals surface area contributed by atoms with Gasteiger partial charge in [-0.1, -0.05) is 15.9 Å². The van der Waals surface area contributed by atoms with E-state index in [1.807, 2.05) is 0 Å². The van der Waals surface area contributed by atoms with Crippen molar-refractivity contribution in [3.05, 3.63) is 44.5 Å². The minimum atomic E-state index is -1.19. The van der Waals surface area contributed by atoms with Crippen molar-refractivity contribution in [2.24, 2.45) is 5.73 Å². The van der Waals surface area contributed by atoms with E-state index in [9.17, 15) is 14.4 Å². The van der Waals surface area contributed by atoms with Gasteiger partial charge in [0.05, 0.1) is 6.54 Å². The van der Waals surface area contributed by atoms with Gasteiger partial charge in [0.25, 0.3) is 11.8 Å². The molecule has 2 heterocycles. The Hall–Kier alpha value is -2.92. The number of hydrogen-bond acceptors (Lipinski definition) is 6. The fraction of sp³-hybridized carbons (Fsp3) is 0.0667. The van der Waals surface area contributed by atoms with Gasteiger partial charge < -0.3 is 25.9 Å². The summed E-state index contributed by atoms with van der Waals surface area (Å²) in [4.78, 5) is 38.7. The van der Waals surface area contributed by atoms with Crippen molar-refractivity contribution in [1.29, 1.82) is 0 Å². The topological polar surface area (TPSA) is 148 Å². The van der Waals surface area contributed by atoms with Crippen molar-refractivity contribution in [1.82, 2.24) is 10.3 Å². The summed E-state index contributed by atoms with van der Waals surface area (Å²) >= 11 is 4.45. The van der Waals surface area contributed by atoms with Crippen molar-refractivity contribution in [2.75, 3.05) is 5.32 Å². The Morgan fingerprint density at radius 1 is 1.35 bits per heavy atom. The molecule has 5 N–H and O–H groups in total. The van der Waals surface area contributed by atoms with Crippen LogP contribution in [0.2, 0.25) is 0 Å². The van der Waals surface area contributed by atoms with Crippen LogP contribution in [-0.4, -0.2) is 28.0 Å². The predicted octanol–water partition coefficient (Wildman–Crippen LogP) is 2.77. The van der Waals surface area contributed by atoms with Gasteiger partial charge in [-0.3, -0.25) is 9.59 Å². The highest BCUT2D eigenvalue weighted by Gasteiger charge is 2.22. The van der Waals surface area contributed by atoms with E-state index in [1.54, 1.807) is 18.2 Å². The first-order chi connectivity index (χ1) is 12.3. The summed E-state index contributed by atoms with van der Waals surface area (Å²) in [7, 11) is 0. The van der Waals surface area contributed by atoms with Crippen molar-refractivity contribution in [3.8, 4) is 0 Å². The molecule has 26 heavy (non-hydrogen) atoms. The van der Waals surface area contributed by atoms with Crippen molar-refractivity contribution in [2.45, 2.75) is 6.54 Å². The highest BCUT2D eigenvalue weighted by molar-refractivity contribution is 9.10. The lowest BCUT2D eigenvalue weighted by molar-refractivity contribution is 0.0977. The number of carboxylic acid groups (broad SMARTS) is 1. The van der Waals surface area contributed by atoms with Gasteiger partial charge >= 0.3 is 6.09 Å². The molecule has 11 heteroatoms. The van der Waals surface area contributed by atoms with Crippen LogP contribution in [0.15, 0.2) is 32.5 Å². The zero-order chi connectivity index (χ0) is 18.8. The second-order valence-electron chi connectivity index (χ2n) is 5.05. The summed E-state index contributed by atoms with van der Waals surface area (Å²) in [5.41, 5.74) is 5.95. The Kier molecular flexibility index (Phi) is 4.91. The standard InChI is InChI=1S/C15H11BrN4O5S/c16-6-1-2-9-7(3-6)11(12(25-9)13(17)21)20-14(22)8-5-26-10(19-8)4-18-15(23)24/h1-3,5,18H,4H2,(H2,17,21)(H,20,22)(H,23,24). The number of primary amides is 1. The molecule has 0 aliphatic rings. The normalized spacial score (nSPS) is 10.7. The fourth-order valence-corrected chi connectivity index (χ4v) is 3.27. The van der Waals surface area contributed by atoms with Gasteiger partial charge in [-0.2, -0.15) is 0 Å². The number of benzene rings is 1. The third-order valence-corrected chi connectivity index (χ3v) is 4.63. The molecule has 0 radical (unpaired) electrons. The number of nitrogens with two attached hydrogens (primary N) is 1. The molecule has 0 saturated heterocycles. The monoisotopic (exact) mass is 438 g/mol. The molecule has 0 aliphatic carbocycles. The van der Waals surface area contributed by atoms with E-state index in [2.05, 4.69) is 31.5 Å². The van der Waals surface area contributed by atoms with Crippen LogP contribution in [0, 0.1) is 0 Å². The average molecular weight is 439 g/mol. The molecule has 0 spiro atoms. The van der Waals surface area contributed by atoms with Crippen LogP contribution >= 0.6 is 27.3 Å². The molecule has 0 saturated carbocycles. The lowest BCUT2D eigenvalue weighted by atomic mass is 10.2. The van der Waals surface area contributed by atoms with Crippen LogP contribution in [0.3, 0.4) is 0 Å². The van der Waals surface area contributed by atoms with Crippen LogP contribution in [0.5, 0.6) is 0 Å². The number of thiazole rings is 1. The SMILES string of the molecule is NC(=O)c1oc2ccc(Br)cc2c1NC(=O)c1csc(CNC(=O)O)n1. The number of carbonyl (C=O) groups is 3. The minimum Gasteiger partial charge on any atom is -0.465 e. The van der Waals surface area contributed by atoms with Gasteiger partial charge in [0, 0.05) is 15.2 Å². The Morgan fingerprint density at radius 3 is 2.81 bits per heavy atom. The number of carbonyl (C=O) groups excluding carboxylic acids is 2. The van der Waals surface area contributed by atoms with Gasteiger partial charge in [0.15, 0.2) is 0 Å². The first-order valence-corrected chi connectivity index (χ1v) is 8.77. The summed E-state index contributed by atoms with van der Waals surface area (Å²) in [5.74, 6) is -1.57. The van der Waals surface area contributed by atoms with Crippen LogP contribution in [0.4, 0.5) is 10.5 Å². The summed E-state index contributed by atoms with van der Waals surface area (Å²) in [6, 6.07) is 5.05. The van der Waals surface area contributed by atoms with E-state index in [1.165, 1.54) is 5.38 Å². The summed E-state index contributed by atoms with van der Waals surface area (Å²) in [5, 5.41) is 15.8. The number of anilines is 1. The molecule has 0 bridgehead atoms. The van der Waals surface area contributed by atoms with Gasteiger partial charge in [-0.15, -0.1) is 11.3 Å². The number of aromatic nitrogens is 1. The molecule has 0 unspecified atom stereocenters. The number of amides is 3. The maximum atomic E-state index is 12.5. The highest BCUT2D eigenvalue weighted by atomic mass is 79.9. The molecular weight excluding hydrogens is 428 g/mol. The van der Waals surface area contributed by atoms with E-state index >= 15 is 0 Å². The molecule has 0 fully saturated rings. The zero-order valence-corrected chi connectivity index (χ0v) is 15.3. The lowest BCUT2D eigenvalue weighted by Crippen LogP contribution is -2.20. The quantitative estimate of drug-likeness (QED) is 0.481. The molecule has 3 aromatic rings. The summed E-state index contributed by atoms with van der Waals surface area (Å²) < 4.78 is 6.15. The van der Waals surface area contributed by atoms with Gasteiger partial charge in [0.1, 0.15) is 22.0 Å². The maximum Gasteiger partial charge on any atom is 0.405 e. The molecule has 1 aromatic carbocycles. The molecule has 3 rings (SSSR count). The van der Waals surface area contributed by atoms with Gasteiger partial charge in [0.2, 0.25) is 5.76 Å². The van der Waals surface area contributed by atoms with Crippen molar-refractivity contribution >= 4 is 61.8 Å².